The van der Waals surface area contributed by atoms with Gasteiger partial charge in [0.05, 0.1) is 6.54 Å². The lowest BCUT2D eigenvalue weighted by Gasteiger charge is -2.32. The van der Waals surface area contributed by atoms with E-state index < -0.39 is 0 Å². The molecule has 0 amide bonds. The molecule has 0 unspecified atom stereocenters. The smallest absolute Gasteiger partial charge is 0.191 e. The number of likely N-dealkylation sites (tertiary alicyclic amines) is 1. The summed E-state index contributed by atoms with van der Waals surface area (Å²) in [4.78, 5) is 6.77. The monoisotopic (exact) mass is 486 g/mol. The molecule has 0 atom stereocenters. The first-order valence-electron chi connectivity index (χ1n) is 9.66. The maximum Gasteiger partial charge on any atom is 0.191 e. The average molecular weight is 486 g/mol. The summed E-state index contributed by atoms with van der Waals surface area (Å²) in [5.41, 5.74) is 1.25. The first-order chi connectivity index (χ1) is 12.6. The third-order valence-electron chi connectivity index (χ3n) is 4.73. The molecule has 1 aliphatic rings. The normalized spacial score (nSPS) is 15.9. The molecule has 27 heavy (non-hydrogen) atoms. The number of halogens is 1. The number of benzene rings is 1. The van der Waals surface area contributed by atoms with Crippen molar-refractivity contribution < 1.29 is 4.74 Å². The van der Waals surface area contributed by atoms with Gasteiger partial charge in [0.15, 0.2) is 5.96 Å². The summed E-state index contributed by atoms with van der Waals surface area (Å²) in [5.74, 6) is 2.29. The van der Waals surface area contributed by atoms with Crippen molar-refractivity contribution in [3.63, 3.8) is 0 Å². The van der Waals surface area contributed by atoms with Crippen molar-refractivity contribution in [1.82, 2.24) is 15.5 Å². The Morgan fingerprint density at radius 3 is 2.67 bits per heavy atom. The molecule has 1 saturated heterocycles. The maximum atomic E-state index is 5.96. The van der Waals surface area contributed by atoms with Crippen molar-refractivity contribution in [1.29, 1.82) is 0 Å². The van der Waals surface area contributed by atoms with E-state index in [0.29, 0.717) is 18.6 Å². The topological polar surface area (TPSA) is 48.9 Å². The number of hydrogen-bond donors (Lipinski definition) is 2. The first kappa shape index (κ1) is 23.8. The van der Waals surface area contributed by atoms with Crippen LogP contribution in [0.3, 0.4) is 0 Å². The summed E-state index contributed by atoms with van der Waals surface area (Å²) in [7, 11) is 1.82. The number of guanidine groups is 1. The Morgan fingerprint density at radius 1 is 1.33 bits per heavy atom. The molecule has 1 heterocycles. The molecule has 0 radical (unpaired) electrons. The summed E-state index contributed by atoms with van der Waals surface area (Å²) >= 11 is 0. The van der Waals surface area contributed by atoms with Crippen LogP contribution < -0.4 is 15.4 Å². The van der Waals surface area contributed by atoms with E-state index >= 15 is 0 Å². The number of piperidine rings is 1. The van der Waals surface area contributed by atoms with Crippen LogP contribution in [-0.4, -0.2) is 56.7 Å². The Balaban J connectivity index is 0.00000364. The minimum absolute atomic E-state index is 0. The number of rotatable bonds is 8. The van der Waals surface area contributed by atoms with Crippen molar-refractivity contribution in [2.24, 2.45) is 4.99 Å². The first-order valence-corrected chi connectivity index (χ1v) is 9.66. The molecule has 1 aromatic rings. The van der Waals surface area contributed by atoms with Crippen LogP contribution in [0.15, 0.2) is 41.9 Å². The van der Waals surface area contributed by atoms with Crippen LogP contribution in [0, 0.1) is 0 Å². The van der Waals surface area contributed by atoms with Gasteiger partial charge in [-0.05, 0) is 30.4 Å². The van der Waals surface area contributed by atoms with Gasteiger partial charge in [0.2, 0.25) is 0 Å². The average Bonchev–Trinajstić information content (AvgIpc) is 2.66. The Hall–Kier alpha value is -1.28. The van der Waals surface area contributed by atoms with Crippen molar-refractivity contribution in [3.8, 4) is 5.75 Å². The van der Waals surface area contributed by atoms with Crippen molar-refractivity contribution >= 4 is 29.9 Å². The highest BCUT2D eigenvalue weighted by Crippen LogP contribution is 2.25. The standard InChI is InChI=1S/C21H34N4O.HI/c1-5-13-25-14-10-18(11-15-25)24-21(22-4)23-12-16-26-20-9-7-6-8-19(20)17(2)3;/h5-9,17-18H,1,10-16H2,2-4H3,(H2,22,23,24);1H. The van der Waals surface area contributed by atoms with Crippen molar-refractivity contribution in [2.75, 3.05) is 39.8 Å². The fourth-order valence-corrected chi connectivity index (χ4v) is 3.25. The molecule has 0 aliphatic carbocycles. The molecule has 2 rings (SSSR count). The number of ether oxygens (including phenoxy) is 1. The van der Waals surface area contributed by atoms with Crippen molar-refractivity contribution in [3.05, 3.63) is 42.5 Å². The fraction of sp³-hybridized carbons (Fsp3) is 0.571. The van der Waals surface area contributed by atoms with Crippen LogP contribution in [0.25, 0.3) is 0 Å². The minimum atomic E-state index is 0. The van der Waals surface area contributed by atoms with E-state index in [4.69, 9.17) is 4.74 Å². The molecule has 0 aromatic heterocycles. The summed E-state index contributed by atoms with van der Waals surface area (Å²) in [6.45, 7) is 12.7. The number of hydrogen-bond acceptors (Lipinski definition) is 3. The molecular weight excluding hydrogens is 451 g/mol. The molecule has 0 saturated carbocycles. The molecule has 1 fully saturated rings. The van der Waals surface area contributed by atoms with Gasteiger partial charge in [-0.1, -0.05) is 38.1 Å². The van der Waals surface area contributed by atoms with E-state index in [0.717, 1.165) is 50.7 Å². The van der Waals surface area contributed by atoms with Gasteiger partial charge in [0.1, 0.15) is 12.4 Å². The zero-order valence-electron chi connectivity index (χ0n) is 16.9. The van der Waals surface area contributed by atoms with Gasteiger partial charge in [-0.25, -0.2) is 0 Å². The zero-order valence-corrected chi connectivity index (χ0v) is 19.2. The summed E-state index contributed by atoms with van der Waals surface area (Å²) in [6, 6.07) is 8.73. The van der Waals surface area contributed by atoms with Gasteiger partial charge in [-0.15, -0.1) is 30.6 Å². The van der Waals surface area contributed by atoms with Gasteiger partial charge in [0.25, 0.3) is 0 Å². The quantitative estimate of drug-likeness (QED) is 0.194. The number of para-hydroxylation sites is 1. The van der Waals surface area contributed by atoms with Crippen LogP contribution >= 0.6 is 24.0 Å². The number of nitrogens with zero attached hydrogens (tertiary/aromatic N) is 2. The summed E-state index contributed by atoms with van der Waals surface area (Å²) < 4.78 is 5.96. The molecule has 1 aromatic carbocycles. The molecule has 6 heteroatoms. The third-order valence-corrected chi connectivity index (χ3v) is 4.73. The van der Waals surface area contributed by atoms with Crippen LogP contribution in [0.4, 0.5) is 0 Å². The highest BCUT2D eigenvalue weighted by molar-refractivity contribution is 14.0. The zero-order chi connectivity index (χ0) is 18.8. The second kappa shape index (κ2) is 13.0. The Bertz CT molecular complexity index is 583. The highest BCUT2D eigenvalue weighted by Gasteiger charge is 2.18. The molecule has 0 bridgehead atoms. The van der Waals surface area contributed by atoms with E-state index in [1.54, 1.807) is 0 Å². The second-order valence-electron chi connectivity index (χ2n) is 7.05. The highest BCUT2D eigenvalue weighted by atomic mass is 127. The van der Waals surface area contributed by atoms with E-state index in [-0.39, 0.29) is 24.0 Å². The van der Waals surface area contributed by atoms with Gasteiger partial charge in [-0.3, -0.25) is 9.89 Å². The van der Waals surface area contributed by atoms with E-state index in [1.165, 1.54) is 5.56 Å². The molecule has 1 aliphatic heterocycles. The van der Waals surface area contributed by atoms with Gasteiger partial charge >= 0.3 is 0 Å². The Morgan fingerprint density at radius 2 is 2.04 bits per heavy atom. The second-order valence-corrected chi connectivity index (χ2v) is 7.05. The summed E-state index contributed by atoms with van der Waals surface area (Å²) in [5, 5.41) is 6.88. The number of aliphatic imine (C=N–C) groups is 1. The SMILES string of the molecule is C=CCN1CCC(NC(=NC)NCCOc2ccccc2C(C)C)CC1.I. The van der Waals surface area contributed by atoms with Gasteiger partial charge < -0.3 is 15.4 Å². The van der Waals surface area contributed by atoms with E-state index in [2.05, 4.69) is 53.1 Å². The maximum absolute atomic E-state index is 5.96. The summed E-state index contributed by atoms with van der Waals surface area (Å²) in [6.07, 6.45) is 4.24. The number of nitrogens with one attached hydrogen (secondary N) is 2. The largest absolute Gasteiger partial charge is 0.491 e. The van der Waals surface area contributed by atoms with Gasteiger partial charge in [0, 0.05) is 32.7 Å². The lowest BCUT2D eigenvalue weighted by atomic mass is 10.0. The predicted octanol–water partition coefficient (Wildman–Crippen LogP) is 3.62. The molecule has 5 nitrogen and oxygen atoms in total. The molecular formula is C21H35IN4O. The molecule has 0 spiro atoms. The van der Waals surface area contributed by atoms with Gasteiger partial charge in [-0.2, -0.15) is 0 Å². The van der Waals surface area contributed by atoms with Crippen LogP contribution in [0.5, 0.6) is 5.75 Å². The molecule has 2 N–H and O–H groups in total. The van der Waals surface area contributed by atoms with E-state index in [1.807, 2.05) is 25.3 Å². The molecule has 152 valence electrons. The fourth-order valence-electron chi connectivity index (χ4n) is 3.25. The lowest BCUT2D eigenvalue weighted by Crippen LogP contribution is -2.49. The lowest BCUT2D eigenvalue weighted by molar-refractivity contribution is 0.225. The van der Waals surface area contributed by atoms with Crippen LogP contribution in [0.1, 0.15) is 38.2 Å². The van der Waals surface area contributed by atoms with Crippen LogP contribution in [0.2, 0.25) is 0 Å². The Labute approximate surface area is 181 Å². The third kappa shape index (κ3) is 8.09. The minimum Gasteiger partial charge on any atom is -0.491 e. The Kier molecular flexibility index (Phi) is 11.4. The van der Waals surface area contributed by atoms with Crippen LogP contribution in [-0.2, 0) is 0 Å². The predicted molar refractivity (Wildman–Crippen MR) is 126 cm³/mol. The van der Waals surface area contributed by atoms with E-state index in [9.17, 15) is 0 Å². The van der Waals surface area contributed by atoms with Crippen molar-refractivity contribution in [2.45, 2.75) is 38.6 Å².